The molecule has 3 nitrogen and oxygen atoms in total. The van der Waals surface area contributed by atoms with Crippen molar-refractivity contribution in [1.29, 1.82) is 0 Å². The zero-order chi connectivity index (χ0) is 17.1. The Labute approximate surface area is 145 Å². The number of rotatable bonds is 2. The molecular weight excluding hydrogens is 308 g/mol. The molecule has 0 spiro atoms. The van der Waals surface area contributed by atoms with Gasteiger partial charge in [-0.15, -0.1) is 0 Å². The Balaban J connectivity index is 2.17. The Morgan fingerprint density at radius 2 is 1.56 bits per heavy atom. The van der Waals surface area contributed by atoms with Crippen LogP contribution in [0.15, 0.2) is 54.6 Å². The second kappa shape index (κ2) is 4.96. The monoisotopic (exact) mass is 326 g/mol. The van der Waals surface area contributed by atoms with Gasteiger partial charge in [0.2, 0.25) is 0 Å². The van der Waals surface area contributed by atoms with E-state index in [9.17, 15) is 4.79 Å². The number of hydrogen-bond acceptors (Lipinski definition) is 1. The molecule has 3 aromatic carbocycles. The number of aldehydes is 1. The van der Waals surface area contributed by atoms with Crippen LogP contribution in [0, 0.1) is 0 Å². The van der Waals surface area contributed by atoms with Crippen LogP contribution in [0.3, 0.4) is 0 Å². The first kappa shape index (κ1) is 14.3. The van der Waals surface area contributed by atoms with Crippen LogP contribution in [0.2, 0.25) is 0 Å². The van der Waals surface area contributed by atoms with Gasteiger partial charge >= 0.3 is 0 Å². The largest absolute Gasteiger partial charge is 0.343 e. The van der Waals surface area contributed by atoms with E-state index >= 15 is 0 Å². The van der Waals surface area contributed by atoms with Gasteiger partial charge in [0.25, 0.3) is 0 Å². The van der Waals surface area contributed by atoms with Crippen molar-refractivity contribution < 1.29 is 4.79 Å². The van der Waals surface area contributed by atoms with Crippen LogP contribution >= 0.6 is 0 Å². The summed E-state index contributed by atoms with van der Waals surface area (Å²) in [5.41, 5.74) is 5.27. The Kier molecular flexibility index (Phi) is 2.84. The summed E-state index contributed by atoms with van der Waals surface area (Å²) in [7, 11) is 2.04. The standard InChI is InChI=1S/C22H18N2O/c1-3-24-19-11-7-5-9-15(19)21-17(13-25)22-16(12-20(21)24)14-8-4-6-10-18(14)23(22)2/h4-13H,3H2,1-2H3. The van der Waals surface area contributed by atoms with Crippen molar-refractivity contribution in [2.45, 2.75) is 13.5 Å². The topological polar surface area (TPSA) is 26.9 Å². The van der Waals surface area contributed by atoms with Crippen molar-refractivity contribution in [3.05, 3.63) is 60.2 Å². The predicted molar refractivity (Wildman–Crippen MR) is 104 cm³/mol. The Morgan fingerprint density at radius 1 is 0.880 bits per heavy atom. The van der Waals surface area contributed by atoms with Crippen molar-refractivity contribution in [3.8, 4) is 0 Å². The molecule has 25 heavy (non-hydrogen) atoms. The number of hydrogen-bond donors (Lipinski definition) is 0. The first-order chi connectivity index (χ1) is 12.3. The molecule has 2 heterocycles. The second-order valence-corrected chi connectivity index (χ2v) is 6.54. The fourth-order valence-electron chi connectivity index (χ4n) is 4.36. The normalized spacial score (nSPS) is 11.9. The summed E-state index contributed by atoms with van der Waals surface area (Å²) >= 11 is 0. The molecule has 0 unspecified atom stereocenters. The van der Waals surface area contributed by atoms with Crippen molar-refractivity contribution in [2.24, 2.45) is 7.05 Å². The summed E-state index contributed by atoms with van der Waals surface area (Å²) in [4.78, 5) is 12.2. The molecule has 0 aliphatic carbocycles. The van der Waals surface area contributed by atoms with Gasteiger partial charge in [-0.25, -0.2) is 0 Å². The number of benzene rings is 3. The fraction of sp³-hybridized carbons (Fsp3) is 0.136. The van der Waals surface area contributed by atoms with Gasteiger partial charge in [0, 0.05) is 51.7 Å². The van der Waals surface area contributed by atoms with Gasteiger partial charge in [0.1, 0.15) is 0 Å². The number of aryl methyl sites for hydroxylation is 2. The van der Waals surface area contributed by atoms with E-state index in [1.54, 1.807) is 0 Å². The number of carbonyl (C=O) groups is 1. The van der Waals surface area contributed by atoms with Crippen LogP contribution in [0.1, 0.15) is 17.3 Å². The van der Waals surface area contributed by atoms with Crippen molar-refractivity contribution in [1.82, 2.24) is 9.13 Å². The summed E-state index contributed by atoms with van der Waals surface area (Å²) < 4.78 is 4.45. The van der Waals surface area contributed by atoms with Crippen LogP contribution in [0.4, 0.5) is 0 Å². The maximum Gasteiger partial charge on any atom is 0.152 e. The average molecular weight is 326 g/mol. The van der Waals surface area contributed by atoms with Gasteiger partial charge in [-0.05, 0) is 25.1 Å². The van der Waals surface area contributed by atoms with E-state index in [0.29, 0.717) is 0 Å². The minimum Gasteiger partial charge on any atom is -0.343 e. The first-order valence-electron chi connectivity index (χ1n) is 8.62. The third-order valence-corrected chi connectivity index (χ3v) is 5.40. The fourth-order valence-corrected chi connectivity index (χ4v) is 4.36. The van der Waals surface area contributed by atoms with Gasteiger partial charge in [-0.1, -0.05) is 36.4 Å². The SMILES string of the molecule is CCn1c2ccccc2c2c(C=O)c3c(cc21)c1ccccc1n3C. The number of para-hydroxylation sites is 2. The van der Waals surface area contributed by atoms with E-state index in [2.05, 4.69) is 58.5 Å². The van der Waals surface area contributed by atoms with E-state index in [4.69, 9.17) is 0 Å². The smallest absolute Gasteiger partial charge is 0.152 e. The number of aromatic nitrogens is 2. The highest BCUT2D eigenvalue weighted by Crippen LogP contribution is 2.39. The summed E-state index contributed by atoms with van der Waals surface area (Å²) in [6.45, 7) is 3.03. The van der Waals surface area contributed by atoms with Crippen molar-refractivity contribution in [3.63, 3.8) is 0 Å². The molecule has 0 atom stereocenters. The molecule has 0 saturated heterocycles. The van der Waals surface area contributed by atoms with E-state index in [-0.39, 0.29) is 0 Å². The number of nitrogens with zero attached hydrogens (tertiary/aromatic N) is 2. The molecule has 0 saturated carbocycles. The molecule has 5 aromatic rings. The van der Waals surface area contributed by atoms with Crippen LogP contribution in [0.25, 0.3) is 43.6 Å². The molecule has 2 aromatic heterocycles. The van der Waals surface area contributed by atoms with Crippen molar-refractivity contribution >= 4 is 49.9 Å². The summed E-state index contributed by atoms with van der Waals surface area (Å²) in [6.07, 6.45) is 1.02. The van der Waals surface area contributed by atoms with Gasteiger partial charge in [0.15, 0.2) is 6.29 Å². The molecule has 0 aliphatic rings. The first-order valence-corrected chi connectivity index (χ1v) is 8.62. The molecule has 0 N–H and O–H groups in total. The summed E-state index contributed by atoms with van der Waals surface area (Å²) in [6, 6.07) is 19.0. The van der Waals surface area contributed by atoms with E-state index < -0.39 is 0 Å². The highest BCUT2D eigenvalue weighted by molar-refractivity contribution is 6.25. The number of fused-ring (bicyclic) bond motifs is 6. The maximum atomic E-state index is 12.2. The van der Waals surface area contributed by atoms with Crippen LogP contribution < -0.4 is 0 Å². The molecule has 3 heteroatoms. The highest BCUT2D eigenvalue weighted by atomic mass is 16.1. The third-order valence-electron chi connectivity index (χ3n) is 5.40. The molecular formula is C22H18N2O. The molecule has 0 bridgehead atoms. The lowest BCUT2D eigenvalue weighted by Gasteiger charge is -2.06. The Hall–Kier alpha value is -3.07. The van der Waals surface area contributed by atoms with E-state index in [1.807, 2.05) is 19.2 Å². The Bertz CT molecular complexity index is 1300. The lowest BCUT2D eigenvalue weighted by atomic mass is 10.0. The molecule has 5 rings (SSSR count). The van der Waals surface area contributed by atoms with E-state index in [0.717, 1.165) is 51.1 Å². The Morgan fingerprint density at radius 3 is 2.28 bits per heavy atom. The third kappa shape index (κ3) is 1.67. The van der Waals surface area contributed by atoms with Crippen LogP contribution in [-0.2, 0) is 13.6 Å². The minimum absolute atomic E-state index is 0.787. The molecule has 122 valence electrons. The maximum absolute atomic E-state index is 12.2. The lowest BCUT2D eigenvalue weighted by Crippen LogP contribution is -1.95. The van der Waals surface area contributed by atoms with Gasteiger partial charge in [-0.3, -0.25) is 4.79 Å². The van der Waals surface area contributed by atoms with Gasteiger partial charge < -0.3 is 9.13 Å². The zero-order valence-corrected chi connectivity index (χ0v) is 14.3. The molecule has 0 radical (unpaired) electrons. The number of carbonyl (C=O) groups excluding carboxylic acids is 1. The zero-order valence-electron chi connectivity index (χ0n) is 14.3. The van der Waals surface area contributed by atoms with Crippen molar-refractivity contribution in [2.75, 3.05) is 0 Å². The van der Waals surface area contributed by atoms with Gasteiger partial charge in [-0.2, -0.15) is 0 Å². The van der Waals surface area contributed by atoms with E-state index in [1.165, 1.54) is 10.9 Å². The summed E-state index contributed by atoms with van der Waals surface area (Å²) in [5, 5.41) is 4.54. The molecule has 0 fully saturated rings. The summed E-state index contributed by atoms with van der Waals surface area (Å²) in [5.74, 6) is 0. The quantitative estimate of drug-likeness (QED) is 0.406. The molecule has 0 aliphatic heterocycles. The highest BCUT2D eigenvalue weighted by Gasteiger charge is 2.19. The predicted octanol–water partition coefficient (Wildman–Crippen LogP) is 5.27. The molecule has 0 amide bonds. The second-order valence-electron chi connectivity index (χ2n) is 6.54. The van der Waals surface area contributed by atoms with Gasteiger partial charge in [0.05, 0.1) is 11.0 Å². The minimum atomic E-state index is 0.787. The van der Waals surface area contributed by atoms with Crippen LogP contribution in [0.5, 0.6) is 0 Å². The average Bonchev–Trinajstić information content (AvgIpc) is 3.13. The lowest BCUT2D eigenvalue weighted by molar-refractivity contribution is 0.112. The van der Waals surface area contributed by atoms with Crippen LogP contribution in [-0.4, -0.2) is 15.4 Å².